The van der Waals surface area contributed by atoms with Gasteiger partial charge in [0.25, 0.3) is 0 Å². The smallest absolute Gasteiger partial charge is 0.416 e. The van der Waals surface area contributed by atoms with E-state index in [4.69, 9.17) is 4.74 Å². The molecule has 8 heteroatoms. The zero-order valence-corrected chi connectivity index (χ0v) is 20.8. The quantitative estimate of drug-likeness (QED) is 0.540. The van der Waals surface area contributed by atoms with E-state index in [1.54, 1.807) is 37.8 Å². The fourth-order valence-electron chi connectivity index (χ4n) is 4.19. The first-order valence-electron chi connectivity index (χ1n) is 12.0. The Hall–Kier alpha value is -2.51. The minimum atomic E-state index is -4.41. The molecule has 3 rings (SSSR count). The van der Waals surface area contributed by atoms with E-state index < -0.39 is 23.4 Å². The fourth-order valence-corrected chi connectivity index (χ4v) is 4.19. The molecule has 0 spiro atoms. The number of amides is 2. The van der Waals surface area contributed by atoms with E-state index in [2.05, 4.69) is 19.2 Å². The maximum Gasteiger partial charge on any atom is 0.416 e. The van der Waals surface area contributed by atoms with Crippen molar-refractivity contribution in [2.24, 2.45) is 5.92 Å². The van der Waals surface area contributed by atoms with Crippen molar-refractivity contribution < 1.29 is 27.5 Å². The summed E-state index contributed by atoms with van der Waals surface area (Å²) in [6.45, 7) is 10.3. The van der Waals surface area contributed by atoms with Crippen molar-refractivity contribution in [1.82, 2.24) is 10.2 Å². The normalized spacial score (nSPS) is 20.7. The highest BCUT2D eigenvalue weighted by Gasteiger charge is 2.36. The number of hydrogen-bond donors (Lipinski definition) is 1. The van der Waals surface area contributed by atoms with Crippen molar-refractivity contribution >= 4 is 17.6 Å². The number of benzene rings is 1. The van der Waals surface area contributed by atoms with Gasteiger partial charge in [0.1, 0.15) is 5.60 Å². The number of carbonyl (C=O) groups is 2. The van der Waals surface area contributed by atoms with Gasteiger partial charge in [-0.25, -0.2) is 4.79 Å². The Morgan fingerprint density at radius 2 is 1.76 bits per heavy atom. The molecule has 1 saturated carbocycles. The number of carbonyl (C=O) groups excluding carboxylic acids is 2. The van der Waals surface area contributed by atoms with Gasteiger partial charge in [-0.05, 0) is 63.7 Å². The van der Waals surface area contributed by atoms with Crippen molar-refractivity contribution in [2.75, 3.05) is 13.1 Å². The Balaban J connectivity index is 0.00000129. The molecule has 1 aliphatic heterocycles. The maximum absolute atomic E-state index is 13.3. The summed E-state index contributed by atoms with van der Waals surface area (Å²) in [5, 5.41) is 2.82. The van der Waals surface area contributed by atoms with Crippen LogP contribution >= 0.6 is 0 Å². The van der Waals surface area contributed by atoms with E-state index >= 15 is 0 Å². The molecule has 2 unspecified atom stereocenters. The lowest BCUT2D eigenvalue weighted by Gasteiger charge is -2.29. The molecule has 0 radical (unpaired) electrons. The lowest BCUT2D eigenvalue weighted by molar-refractivity contribution is -0.138. The summed E-state index contributed by atoms with van der Waals surface area (Å²) in [7, 11) is 0. The summed E-state index contributed by atoms with van der Waals surface area (Å²) in [5.74, 6) is -0.203. The molecule has 190 valence electrons. The van der Waals surface area contributed by atoms with Crippen molar-refractivity contribution in [3.63, 3.8) is 0 Å². The molecule has 0 aromatic heterocycles. The molecular formula is C26H37F3N2O3. The number of halogens is 3. The Labute approximate surface area is 200 Å². The molecule has 1 aliphatic carbocycles. The number of alkyl carbamates (subject to hydrolysis) is 1. The first kappa shape index (κ1) is 27.7. The first-order chi connectivity index (χ1) is 15.9. The van der Waals surface area contributed by atoms with Crippen molar-refractivity contribution in [2.45, 2.75) is 84.5 Å². The summed E-state index contributed by atoms with van der Waals surface area (Å²) in [6.07, 6.45) is 0.362. The van der Waals surface area contributed by atoms with Crippen molar-refractivity contribution in [3.05, 3.63) is 41.5 Å². The molecule has 2 amide bonds. The van der Waals surface area contributed by atoms with Crippen molar-refractivity contribution in [1.29, 1.82) is 0 Å². The molecule has 1 aromatic rings. The van der Waals surface area contributed by atoms with Gasteiger partial charge in [-0.1, -0.05) is 44.5 Å². The van der Waals surface area contributed by atoms with E-state index in [1.165, 1.54) is 18.6 Å². The Bertz CT molecular complexity index is 875. The topological polar surface area (TPSA) is 58.6 Å². The molecular weight excluding hydrogens is 445 g/mol. The second-order valence-corrected chi connectivity index (χ2v) is 9.87. The van der Waals surface area contributed by atoms with Gasteiger partial charge in [-0.2, -0.15) is 13.2 Å². The van der Waals surface area contributed by atoms with Gasteiger partial charge >= 0.3 is 12.3 Å². The zero-order chi connectivity index (χ0) is 25.5. The lowest BCUT2D eigenvalue weighted by atomic mass is 9.94. The van der Waals surface area contributed by atoms with Crippen LogP contribution in [-0.4, -0.2) is 41.6 Å². The number of hydrogen-bond acceptors (Lipinski definition) is 3. The highest BCUT2D eigenvalue weighted by Crippen LogP contribution is 2.37. The van der Waals surface area contributed by atoms with Crippen LogP contribution in [0.5, 0.6) is 0 Å². The lowest BCUT2D eigenvalue weighted by Crippen LogP contribution is -2.40. The van der Waals surface area contributed by atoms with E-state index in [0.717, 1.165) is 6.07 Å². The minimum absolute atomic E-state index is 0.00658. The zero-order valence-electron chi connectivity index (χ0n) is 20.8. The van der Waals surface area contributed by atoms with Crippen molar-refractivity contribution in [3.8, 4) is 0 Å². The molecule has 1 N–H and O–H groups in total. The van der Waals surface area contributed by atoms with Gasteiger partial charge in [-0.3, -0.25) is 4.79 Å². The van der Waals surface area contributed by atoms with Crippen LogP contribution in [0.3, 0.4) is 0 Å². The first-order valence-corrected chi connectivity index (χ1v) is 12.0. The van der Waals surface area contributed by atoms with Gasteiger partial charge in [-0.15, -0.1) is 0 Å². The third kappa shape index (κ3) is 8.06. The predicted molar refractivity (Wildman–Crippen MR) is 127 cm³/mol. The molecule has 0 saturated heterocycles. The van der Waals surface area contributed by atoms with Gasteiger partial charge < -0.3 is 15.0 Å². The van der Waals surface area contributed by atoms with Crippen LogP contribution in [0.2, 0.25) is 0 Å². The number of alkyl halides is 3. The van der Waals surface area contributed by atoms with Gasteiger partial charge in [0.05, 0.1) is 5.56 Å². The number of nitrogens with zero attached hydrogens (tertiary/aromatic N) is 1. The summed E-state index contributed by atoms with van der Waals surface area (Å²) < 4.78 is 45.2. The highest BCUT2D eigenvalue weighted by molar-refractivity contribution is 5.81. The largest absolute Gasteiger partial charge is 0.444 e. The molecule has 0 bridgehead atoms. The average molecular weight is 483 g/mol. The number of rotatable bonds is 3. The minimum Gasteiger partial charge on any atom is -0.444 e. The van der Waals surface area contributed by atoms with E-state index in [9.17, 15) is 22.8 Å². The van der Waals surface area contributed by atoms with Gasteiger partial charge in [0.15, 0.2) is 0 Å². The van der Waals surface area contributed by atoms with Gasteiger partial charge in [0.2, 0.25) is 5.91 Å². The van der Waals surface area contributed by atoms with Crippen LogP contribution in [0, 0.1) is 5.92 Å². The number of ether oxygens (including phenoxy) is 1. The number of nitrogens with one attached hydrogen (secondary N) is 1. The molecule has 2 atom stereocenters. The Morgan fingerprint density at radius 1 is 1.12 bits per heavy atom. The second-order valence-electron chi connectivity index (χ2n) is 9.87. The molecule has 1 aromatic carbocycles. The van der Waals surface area contributed by atoms with Crippen LogP contribution in [0.25, 0.3) is 5.57 Å². The van der Waals surface area contributed by atoms with Crippen LogP contribution in [0.1, 0.15) is 77.8 Å². The molecule has 2 aliphatic rings. The molecule has 5 nitrogen and oxygen atoms in total. The summed E-state index contributed by atoms with van der Waals surface area (Å²) in [5.41, 5.74) is -0.425. The van der Waals surface area contributed by atoms with E-state index in [1.807, 2.05) is 0 Å². The maximum atomic E-state index is 13.3. The molecule has 34 heavy (non-hydrogen) atoms. The summed E-state index contributed by atoms with van der Waals surface area (Å²) in [4.78, 5) is 26.5. The highest BCUT2D eigenvalue weighted by atomic mass is 19.4. The third-order valence-electron chi connectivity index (χ3n) is 5.60. The standard InChI is InChI=1S/C23H29F3N2O3.C3H8/c1-22(2,3)31-21(30)27-17-9-8-16(14-17)20(29)28-12-10-15(11-13-28)18-6-4-5-7-19(18)23(24,25)26;1-3-2/h4-7,10,16-17H,8-9,11-14H2,1-3H3,(H,27,30);3H2,1-2H3. The molecule has 1 heterocycles. The summed E-state index contributed by atoms with van der Waals surface area (Å²) >= 11 is 0. The predicted octanol–water partition coefficient (Wildman–Crippen LogP) is 6.43. The fraction of sp³-hybridized carbons (Fsp3) is 0.615. The molecule has 1 fully saturated rings. The Kier molecular flexibility index (Phi) is 9.59. The van der Waals surface area contributed by atoms with Crippen LogP contribution < -0.4 is 5.32 Å². The van der Waals surface area contributed by atoms with Crippen LogP contribution in [-0.2, 0) is 15.7 Å². The average Bonchev–Trinajstić information content (AvgIpc) is 3.20. The Morgan fingerprint density at radius 3 is 2.32 bits per heavy atom. The summed E-state index contributed by atoms with van der Waals surface area (Å²) in [6, 6.07) is 5.44. The monoisotopic (exact) mass is 482 g/mol. The van der Waals surface area contributed by atoms with Gasteiger partial charge in [0, 0.05) is 25.0 Å². The SMILES string of the molecule is CC(C)(C)OC(=O)NC1CCC(C(=O)N2CC=C(c3ccccc3C(F)(F)F)CC2)C1.CCC. The van der Waals surface area contributed by atoms with E-state index in [-0.39, 0.29) is 23.4 Å². The second kappa shape index (κ2) is 11.8. The van der Waals surface area contributed by atoms with Crippen LogP contribution in [0.15, 0.2) is 30.3 Å². The van der Waals surface area contributed by atoms with E-state index in [0.29, 0.717) is 44.3 Å². The third-order valence-corrected chi connectivity index (χ3v) is 5.60. The van der Waals surface area contributed by atoms with Crippen LogP contribution in [0.4, 0.5) is 18.0 Å².